The van der Waals surface area contributed by atoms with E-state index in [4.69, 9.17) is 14.8 Å². The number of hydrogen-bond acceptors (Lipinski definition) is 3. The normalized spacial score (nSPS) is 13.1. The molecular formula is C7H17BO3. The maximum Gasteiger partial charge on any atom is 0.455 e. The summed E-state index contributed by atoms with van der Waals surface area (Å²) in [6, 6.07) is 0. The van der Waals surface area contributed by atoms with E-state index < -0.39 is 13.4 Å². The fraction of sp³-hybridized carbons (Fsp3) is 1.00. The first-order valence-electron chi connectivity index (χ1n) is 4.18. The maximum absolute atomic E-state index is 9.06. The highest BCUT2D eigenvalue weighted by Crippen LogP contribution is 2.03. The molecule has 0 saturated heterocycles. The van der Waals surface area contributed by atoms with Gasteiger partial charge >= 0.3 is 7.12 Å². The van der Waals surface area contributed by atoms with Crippen molar-refractivity contribution in [2.45, 2.75) is 45.7 Å². The van der Waals surface area contributed by atoms with Gasteiger partial charge in [-0.1, -0.05) is 26.2 Å². The summed E-state index contributed by atoms with van der Waals surface area (Å²) in [7, 11) is -0.804. The van der Waals surface area contributed by atoms with E-state index in [0.29, 0.717) is 6.32 Å². The van der Waals surface area contributed by atoms with E-state index >= 15 is 0 Å². The van der Waals surface area contributed by atoms with Crippen molar-refractivity contribution >= 4 is 7.12 Å². The van der Waals surface area contributed by atoms with Gasteiger partial charge in [-0.15, -0.1) is 0 Å². The number of hydrogen-bond donors (Lipinski definition) is 2. The standard InChI is InChI=1S/C7H17BO3/c1-3-4-5-6-8(10)11-7(2)9/h7,9-10H,3-6H2,1-2H3. The zero-order chi connectivity index (χ0) is 8.69. The molecule has 0 rings (SSSR count). The van der Waals surface area contributed by atoms with Gasteiger partial charge in [-0.05, 0) is 13.2 Å². The first-order chi connectivity index (χ1) is 5.16. The quantitative estimate of drug-likeness (QED) is 0.346. The van der Waals surface area contributed by atoms with Crippen LogP contribution in [0.1, 0.15) is 33.1 Å². The molecule has 66 valence electrons. The van der Waals surface area contributed by atoms with Crippen LogP contribution in [0.3, 0.4) is 0 Å². The highest BCUT2D eigenvalue weighted by atomic mass is 16.6. The highest BCUT2D eigenvalue weighted by molar-refractivity contribution is 6.42. The summed E-state index contributed by atoms with van der Waals surface area (Å²) >= 11 is 0. The van der Waals surface area contributed by atoms with E-state index in [2.05, 4.69) is 6.92 Å². The molecule has 3 nitrogen and oxygen atoms in total. The van der Waals surface area contributed by atoms with Crippen LogP contribution < -0.4 is 0 Å². The molecule has 0 fully saturated rings. The molecule has 0 spiro atoms. The Kier molecular flexibility index (Phi) is 6.61. The number of aliphatic hydroxyl groups is 1. The lowest BCUT2D eigenvalue weighted by atomic mass is 9.82. The molecule has 0 saturated carbocycles. The number of aliphatic hydroxyl groups excluding tert-OH is 1. The molecule has 0 aliphatic heterocycles. The molecule has 0 radical (unpaired) electrons. The lowest BCUT2D eigenvalue weighted by Crippen LogP contribution is -2.23. The molecule has 0 bridgehead atoms. The Morgan fingerprint density at radius 2 is 2.09 bits per heavy atom. The van der Waals surface area contributed by atoms with Gasteiger partial charge in [0.2, 0.25) is 0 Å². The Hall–Kier alpha value is -0.0551. The van der Waals surface area contributed by atoms with Crippen LogP contribution in [0, 0.1) is 0 Å². The molecular weight excluding hydrogens is 143 g/mol. The fourth-order valence-electron chi connectivity index (χ4n) is 0.864. The van der Waals surface area contributed by atoms with Crippen molar-refractivity contribution in [3.63, 3.8) is 0 Å². The summed E-state index contributed by atoms with van der Waals surface area (Å²) in [6.45, 7) is 3.59. The highest BCUT2D eigenvalue weighted by Gasteiger charge is 2.13. The lowest BCUT2D eigenvalue weighted by Gasteiger charge is -2.09. The van der Waals surface area contributed by atoms with E-state index in [-0.39, 0.29) is 0 Å². The monoisotopic (exact) mass is 160 g/mol. The number of unbranched alkanes of at least 4 members (excludes halogenated alkanes) is 2. The summed E-state index contributed by atoms with van der Waals surface area (Å²) < 4.78 is 4.71. The smallest absolute Gasteiger partial charge is 0.427 e. The molecule has 0 heterocycles. The van der Waals surface area contributed by atoms with E-state index in [1.807, 2.05) is 0 Å². The van der Waals surface area contributed by atoms with Crippen LogP contribution in [0.4, 0.5) is 0 Å². The van der Waals surface area contributed by atoms with Crippen molar-refractivity contribution in [1.29, 1.82) is 0 Å². The van der Waals surface area contributed by atoms with Gasteiger partial charge in [0.25, 0.3) is 0 Å². The van der Waals surface area contributed by atoms with Gasteiger partial charge in [0.15, 0.2) is 0 Å². The minimum Gasteiger partial charge on any atom is -0.427 e. The Bertz CT molecular complexity index is 87.8. The molecule has 11 heavy (non-hydrogen) atoms. The Labute approximate surface area is 68.5 Å². The van der Waals surface area contributed by atoms with E-state index in [0.717, 1.165) is 19.3 Å². The van der Waals surface area contributed by atoms with Gasteiger partial charge in [-0.2, -0.15) is 0 Å². The van der Waals surface area contributed by atoms with Crippen molar-refractivity contribution in [3.8, 4) is 0 Å². The summed E-state index contributed by atoms with van der Waals surface area (Å²) in [6.07, 6.45) is 2.91. The number of rotatable bonds is 6. The minimum atomic E-state index is -0.869. The van der Waals surface area contributed by atoms with Gasteiger partial charge in [0.1, 0.15) is 6.29 Å². The molecule has 0 aromatic heterocycles. The van der Waals surface area contributed by atoms with Crippen molar-refractivity contribution in [2.75, 3.05) is 0 Å². The van der Waals surface area contributed by atoms with Crippen molar-refractivity contribution in [1.82, 2.24) is 0 Å². The molecule has 0 amide bonds. The summed E-state index contributed by atoms with van der Waals surface area (Å²) in [5.41, 5.74) is 0. The topological polar surface area (TPSA) is 49.7 Å². The van der Waals surface area contributed by atoms with E-state index in [1.165, 1.54) is 6.92 Å². The molecule has 0 aliphatic rings. The van der Waals surface area contributed by atoms with E-state index in [9.17, 15) is 0 Å². The van der Waals surface area contributed by atoms with Crippen LogP contribution in [0.25, 0.3) is 0 Å². The summed E-state index contributed by atoms with van der Waals surface area (Å²) in [5, 5.41) is 17.8. The van der Waals surface area contributed by atoms with Crippen LogP contribution in [0.5, 0.6) is 0 Å². The maximum atomic E-state index is 9.06. The van der Waals surface area contributed by atoms with Gasteiger partial charge in [-0.3, -0.25) is 0 Å². The van der Waals surface area contributed by atoms with Crippen molar-refractivity contribution < 1.29 is 14.8 Å². The van der Waals surface area contributed by atoms with Crippen LogP contribution >= 0.6 is 0 Å². The molecule has 0 aromatic carbocycles. The van der Waals surface area contributed by atoms with Crippen LogP contribution in [-0.2, 0) is 4.65 Å². The van der Waals surface area contributed by atoms with Crippen molar-refractivity contribution in [3.05, 3.63) is 0 Å². The fourth-order valence-corrected chi connectivity index (χ4v) is 0.864. The lowest BCUT2D eigenvalue weighted by molar-refractivity contribution is -0.0158. The molecule has 0 aliphatic carbocycles. The zero-order valence-electron chi connectivity index (χ0n) is 7.29. The zero-order valence-corrected chi connectivity index (χ0v) is 7.29. The predicted molar refractivity (Wildman–Crippen MR) is 45.1 cm³/mol. The molecule has 0 aromatic rings. The average molecular weight is 160 g/mol. The Morgan fingerprint density at radius 1 is 1.45 bits per heavy atom. The predicted octanol–water partition coefficient (Wildman–Crippen LogP) is 1.01. The second kappa shape index (κ2) is 6.64. The van der Waals surface area contributed by atoms with Gasteiger partial charge in [-0.25, -0.2) is 0 Å². The molecule has 1 atom stereocenters. The van der Waals surface area contributed by atoms with Gasteiger partial charge in [0.05, 0.1) is 0 Å². The third kappa shape index (κ3) is 7.85. The molecule has 4 heteroatoms. The first-order valence-corrected chi connectivity index (χ1v) is 4.18. The second-order valence-corrected chi connectivity index (χ2v) is 2.69. The van der Waals surface area contributed by atoms with E-state index in [1.54, 1.807) is 0 Å². The average Bonchev–Trinajstić information content (AvgIpc) is 1.86. The summed E-state index contributed by atoms with van der Waals surface area (Å²) in [5.74, 6) is 0. The molecule has 2 N–H and O–H groups in total. The first kappa shape index (κ1) is 10.9. The van der Waals surface area contributed by atoms with Gasteiger partial charge in [0, 0.05) is 0 Å². The van der Waals surface area contributed by atoms with Crippen LogP contribution in [0.2, 0.25) is 6.32 Å². The molecule has 1 unspecified atom stereocenters. The van der Waals surface area contributed by atoms with Gasteiger partial charge < -0.3 is 14.8 Å². The Morgan fingerprint density at radius 3 is 2.55 bits per heavy atom. The Balaban J connectivity index is 3.15. The van der Waals surface area contributed by atoms with Crippen LogP contribution in [0.15, 0.2) is 0 Å². The SMILES string of the molecule is CCCCCB(O)OC(C)O. The third-order valence-corrected chi connectivity index (χ3v) is 1.41. The summed E-state index contributed by atoms with van der Waals surface area (Å²) in [4.78, 5) is 0. The minimum absolute atomic E-state index is 0.610. The second-order valence-electron chi connectivity index (χ2n) is 2.69. The van der Waals surface area contributed by atoms with Crippen LogP contribution in [-0.4, -0.2) is 23.5 Å². The largest absolute Gasteiger partial charge is 0.455 e. The third-order valence-electron chi connectivity index (χ3n) is 1.41. The van der Waals surface area contributed by atoms with Crippen molar-refractivity contribution in [2.24, 2.45) is 0 Å².